The maximum absolute atomic E-state index is 8.63. The van der Waals surface area contributed by atoms with Gasteiger partial charge in [0, 0.05) is 0 Å². The van der Waals surface area contributed by atoms with Gasteiger partial charge in [-0.15, -0.1) is 0 Å². The second-order valence-electron chi connectivity index (χ2n) is 2.62. The molecule has 0 saturated heterocycles. The zero-order valence-corrected chi connectivity index (χ0v) is 7.24. The third-order valence-electron chi connectivity index (χ3n) is 1.81. The van der Waals surface area contributed by atoms with Crippen LogP contribution >= 0.6 is 0 Å². The van der Waals surface area contributed by atoms with Crippen molar-refractivity contribution in [2.75, 3.05) is 7.11 Å². The molecule has 0 amide bonds. The molecule has 3 nitrogen and oxygen atoms in total. The van der Waals surface area contributed by atoms with Crippen molar-refractivity contribution < 1.29 is 9.94 Å². The standard InChI is InChI=1S/C9H13NO2/c1-7(10-11)8-3-5-9(12-2)6-4-8/h3-7,10-11H,1-2H3/t7-/m1/s1. The number of benzene rings is 1. The summed E-state index contributed by atoms with van der Waals surface area (Å²) in [5, 5.41) is 8.63. The predicted octanol–water partition coefficient (Wildman–Crippen LogP) is 1.73. The van der Waals surface area contributed by atoms with Crippen molar-refractivity contribution in [3.8, 4) is 5.75 Å². The zero-order chi connectivity index (χ0) is 8.97. The van der Waals surface area contributed by atoms with Gasteiger partial charge in [0.15, 0.2) is 0 Å². The van der Waals surface area contributed by atoms with Gasteiger partial charge in [0.2, 0.25) is 0 Å². The monoisotopic (exact) mass is 167 g/mol. The summed E-state index contributed by atoms with van der Waals surface area (Å²) in [6.45, 7) is 1.88. The van der Waals surface area contributed by atoms with Gasteiger partial charge < -0.3 is 9.94 Å². The summed E-state index contributed by atoms with van der Waals surface area (Å²) in [6.07, 6.45) is 0. The van der Waals surface area contributed by atoms with Crippen molar-refractivity contribution in [2.45, 2.75) is 13.0 Å². The molecule has 0 aromatic heterocycles. The minimum atomic E-state index is -0.0455. The molecular formula is C9H13NO2. The Balaban J connectivity index is 2.77. The molecular weight excluding hydrogens is 154 g/mol. The van der Waals surface area contributed by atoms with E-state index < -0.39 is 0 Å². The highest BCUT2D eigenvalue weighted by atomic mass is 16.5. The van der Waals surface area contributed by atoms with E-state index in [-0.39, 0.29) is 6.04 Å². The number of ether oxygens (including phenoxy) is 1. The fourth-order valence-corrected chi connectivity index (χ4v) is 0.967. The van der Waals surface area contributed by atoms with Gasteiger partial charge >= 0.3 is 0 Å². The van der Waals surface area contributed by atoms with Gasteiger partial charge in [0.25, 0.3) is 0 Å². The number of hydroxylamine groups is 1. The summed E-state index contributed by atoms with van der Waals surface area (Å²) in [7, 11) is 1.63. The lowest BCUT2D eigenvalue weighted by atomic mass is 10.1. The topological polar surface area (TPSA) is 41.5 Å². The van der Waals surface area contributed by atoms with Gasteiger partial charge in [-0.25, -0.2) is 0 Å². The maximum atomic E-state index is 8.63. The smallest absolute Gasteiger partial charge is 0.118 e. The number of rotatable bonds is 3. The molecule has 1 atom stereocenters. The first-order valence-corrected chi connectivity index (χ1v) is 3.81. The highest BCUT2D eigenvalue weighted by Crippen LogP contribution is 2.16. The van der Waals surface area contributed by atoms with Crippen molar-refractivity contribution in [1.29, 1.82) is 0 Å². The van der Waals surface area contributed by atoms with Gasteiger partial charge in [0.1, 0.15) is 5.75 Å². The Morgan fingerprint density at radius 2 is 1.92 bits per heavy atom. The van der Waals surface area contributed by atoms with Crippen molar-refractivity contribution in [3.05, 3.63) is 29.8 Å². The molecule has 1 rings (SSSR count). The molecule has 0 aliphatic heterocycles. The van der Waals surface area contributed by atoms with Crippen LogP contribution in [0.5, 0.6) is 5.75 Å². The van der Waals surface area contributed by atoms with Crippen molar-refractivity contribution in [1.82, 2.24) is 5.48 Å². The van der Waals surface area contributed by atoms with Crippen LogP contribution < -0.4 is 10.2 Å². The van der Waals surface area contributed by atoms with Crippen LogP contribution in [0.2, 0.25) is 0 Å². The third-order valence-corrected chi connectivity index (χ3v) is 1.81. The average molecular weight is 167 g/mol. The fraction of sp³-hybridized carbons (Fsp3) is 0.333. The molecule has 12 heavy (non-hydrogen) atoms. The summed E-state index contributed by atoms with van der Waals surface area (Å²) < 4.78 is 5.00. The van der Waals surface area contributed by atoms with Crippen LogP contribution in [0.4, 0.5) is 0 Å². The number of methoxy groups -OCH3 is 1. The van der Waals surface area contributed by atoms with Crippen LogP contribution in [-0.2, 0) is 0 Å². The molecule has 66 valence electrons. The quantitative estimate of drug-likeness (QED) is 0.674. The summed E-state index contributed by atoms with van der Waals surface area (Å²) in [4.78, 5) is 0. The number of nitrogens with one attached hydrogen (secondary N) is 1. The first kappa shape index (κ1) is 9.03. The molecule has 1 aromatic rings. The second-order valence-corrected chi connectivity index (χ2v) is 2.62. The minimum absolute atomic E-state index is 0.0455. The molecule has 2 N–H and O–H groups in total. The Bertz CT molecular complexity index is 233. The maximum Gasteiger partial charge on any atom is 0.118 e. The predicted molar refractivity (Wildman–Crippen MR) is 46.3 cm³/mol. The van der Waals surface area contributed by atoms with E-state index in [4.69, 9.17) is 9.94 Å². The highest BCUT2D eigenvalue weighted by Gasteiger charge is 2.01. The highest BCUT2D eigenvalue weighted by molar-refractivity contribution is 5.28. The van der Waals surface area contributed by atoms with Crippen molar-refractivity contribution in [2.24, 2.45) is 0 Å². The summed E-state index contributed by atoms with van der Waals surface area (Å²) in [5.74, 6) is 0.823. The van der Waals surface area contributed by atoms with E-state index in [1.165, 1.54) is 0 Å². The van der Waals surface area contributed by atoms with Crippen LogP contribution in [0.15, 0.2) is 24.3 Å². The Kier molecular flexibility index (Phi) is 3.08. The number of hydrogen-bond acceptors (Lipinski definition) is 3. The van der Waals surface area contributed by atoms with Crippen LogP contribution in [0, 0.1) is 0 Å². The molecule has 1 aromatic carbocycles. The van der Waals surface area contributed by atoms with E-state index in [1.54, 1.807) is 7.11 Å². The average Bonchev–Trinajstić information content (AvgIpc) is 2.17. The van der Waals surface area contributed by atoms with Crippen LogP contribution in [0.25, 0.3) is 0 Å². The lowest BCUT2D eigenvalue weighted by Crippen LogP contribution is -2.12. The Hall–Kier alpha value is -1.06. The van der Waals surface area contributed by atoms with Gasteiger partial charge in [0.05, 0.1) is 13.2 Å². The summed E-state index contributed by atoms with van der Waals surface area (Å²) >= 11 is 0. The van der Waals surface area contributed by atoms with Crippen LogP contribution in [-0.4, -0.2) is 12.3 Å². The fourth-order valence-electron chi connectivity index (χ4n) is 0.967. The third kappa shape index (κ3) is 1.96. The molecule has 0 saturated carbocycles. The number of hydrogen-bond donors (Lipinski definition) is 2. The molecule has 0 spiro atoms. The normalized spacial score (nSPS) is 12.6. The minimum Gasteiger partial charge on any atom is -0.497 e. The molecule has 0 aliphatic carbocycles. The van der Waals surface area contributed by atoms with E-state index >= 15 is 0 Å². The molecule has 0 radical (unpaired) electrons. The van der Waals surface area contributed by atoms with Crippen molar-refractivity contribution in [3.63, 3.8) is 0 Å². The summed E-state index contributed by atoms with van der Waals surface area (Å²) in [5.41, 5.74) is 3.20. The van der Waals surface area contributed by atoms with Crippen LogP contribution in [0.1, 0.15) is 18.5 Å². The Labute approximate surface area is 71.9 Å². The largest absolute Gasteiger partial charge is 0.497 e. The lowest BCUT2D eigenvalue weighted by Gasteiger charge is -2.09. The lowest BCUT2D eigenvalue weighted by molar-refractivity contribution is 0.133. The molecule has 0 unspecified atom stereocenters. The van der Waals surface area contributed by atoms with Gasteiger partial charge in [-0.3, -0.25) is 0 Å². The van der Waals surface area contributed by atoms with E-state index in [0.717, 1.165) is 11.3 Å². The van der Waals surface area contributed by atoms with Gasteiger partial charge in [-0.1, -0.05) is 12.1 Å². The Morgan fingerprint density at radius 1 is 1.33 bits per heavy atom. The molecule has 0 bridgehead atoms. The first-order chi connectivity index (χ1) is 5.77. The molecule has 0 aliphatic rings. The SMILES string of the molecule is COc1ccc([C@@H](C)NO)cc1. The first-order valence-electron chi connectivity index (χ1n) is 3.81. The van der Waals surface area contributed by atoms with Crippen LogP contribution in [0.3, 0.4) is 0 Å². The zero-order valence-electron chi connectivity index (χ0n) is 7.24. The molecule has 3 heteroatoms. The van der Waals surface area contributed by atoms with Gasteiger partial charge in [-0.2, -0.15) is 5.48 Å². The second kappa shape index (κ2) is 4.09. The van der Waals surface area contributed by atoms with E-state index in [0.29, 0.717) is 0 Å². The Morgan fingerprint density at radius 3 is 2.33 bits per heavy atom. The van der Waals surface area contributed by atoms with Gasteiger partial charge in [-0.05, 0) is 24.6 Å². The van der Waals surface area contributed by atoms with E-state index in [2.05, 4.69) is 5.48 Å². The summed E-state index contributed by atoms with van der Waals surface area (Å²) in [6, 6.07) is 7.50. The van der Waals surface area contributed by atoms with E-state index in [9.17, 15) is 0 Å². The molecule has 0 heterocycles. The van der Waals surface area contributed by atoms with E-state index in [1.807, 2.05) is 31.2 Å². The molecule has 0 fully saturated rings. The van der Waals surface area contributed by atoms with Crippen molar-refractivity contribution >= 4 is 0 Å².